The molecule has 0 saturated heterocycles. The Balaban J connectivity index is 1.47. The summed E-state index contributed by atoms with van der Waals surface area (Å²) in [6.07, 6.45) is -0.00332. The quantitative estimate of drug-likeness (QED) is 0.237. The molecular weight excluding hydrogens is 546 g/mol. The molecule has 0 bridgehead atoms. The highest BCUT2D eigenvalue weighted by atomic mass is 35.5. The zero-order valence-corrected chi connectivity index (χ0v) is 22.6. The number of fused-ring (bicyclic) bond motifs is 10. The van der Waals surface area contributed by atoms with Crippen LogP contribution in [-0.4, -0.2) is 36.5 Å². The number of hydrogen-bond donors (Lipinski definition) is 1. The Labute approximate surface area is 231 Å². The van der Waals surface area contributed by atoms with Crippen molar-refractivity contribution in [2.75, 3.05) is 11.4 Å². The van der Waals surface area contributed by atoms with Crippen LogP contribution in [0.2, 0.25) is 0 Å². The Morgan fingerprint density at radius 2 is 1.88 bits per heavy atom. The van der Waals surface area contributed by atoms with E-state index in [0.29, 0.717) is 37.2 Å². The predicted molar refractivity (Wildman–Crippen MR) is 141 cm³/mol. The highest BCUT2D eigenvalue weighted by Gasteiger charge is 2.56. The molecule has 1 aromatic carbocycles. The van der Waals surface area contributed by atoms with E-state index in [1.165, 1.54) is 0 Å². The minimum absolute atomic E-state index is 0.192. The molecule has 0 saturated carbocycles. The Hall–Kier alpha value is -3.73. The smallest absolute Gasteiger partial charge is 0.336 e. The second-order valence-electron chi connectivity index (χ2n) is 10.8. The van der Waals surface area contributed by atoms with Gasteiger partial charge in [0.05, 0.1) is 39.9 Å². The number of anilines is 1. The molecule has 0 amide bonds. The highest BCUT2D eigenvalue weighted by molar-refractivity contribution is 6.26. The fraction of sp³-hybridized carbons (Fsp3) is 0.357. The zero-order valence-electron chi connectivity index (χ0n) is 21.9. The lowest BCUT2D eigenvalue weighted by Gasteiger charge is -2.45. The maximum absolute atomic E-state index is 16.7. The van der Waals surface area contributed by atoms with Crippen molar-refractivity contribution in [2.45, 2.75) is 56.6 Å². The van der Waals surface area contributed by atoms with Crippen molar-refractivity contribution in [1.82, 2.24) is 29.9 Å². The Bertz CT molecular complexity index is 1720. The van der Waals surface area contributed by atoms with Gasteiger partial charge in [-0.3, -0.25) is 5.10 Å². The molecule has 0 fully saturated rings. The first-order chi connectivity index (χ1) is 19.0. The van der Waals surface area contributed by atoms with E-state index in [0.717, 1.165) is 51.7 Å². The highest BCUT2D eigenvalue weighted by Crippen LogP contribution is 2.61. The van der Waals surface area contributed by atoms with Gasteiger partial charge < -0.3 is 4.90 Å². The molecule has 2 aliphatic heterocycles. The first-order valence-corrected chi connectivity index (χ1v) is 13.4. The van der Waals surface area contributed by atoms with Crippen LogP contribution in [0.25, 0.3) is 11.3 Å². The molecule has 5 heterocycles. The third-order valence-corrected chi connectivity index (χ3v) is 8.87. The summed E-state index contributed by atoms with van der Waals surface area (Å²) in [7, 11) is 0. The van der Waals surface area contributed by atoms with Crippen LogP contribution in [0.4, 0.5) is 23.5 Å². The van der Waals surface area contributed by atoms with Crippen molar-refractivity contribution in [3.63, 3.8) is 0 Å². The SMILES string of the molecule is CCc1cccc2c1-n1nc3c(c1C1(C)C2=C(F)C(C)(Cl)c2[nH]ncc21)CN(c1ncc(C(F)(F)F)cn1)CC3. The van der Waals surface area contributed by atoms with Gasteiger partial charge in [0.2, 0.25) is 5.95 Å². The van der Waals surface area contributed by atoms with E-state index < -0.39 is 27.9 Å². The van der Waals surface area contributed by atoms with Crippen molar-refractivity contribution in [3.8, 4) is 5.69 Å². The minimum atomic E-state index is -4.52. The van der Waals surface area contributed by atoms with Crippen LogP contribution >= 0.6 is 11.6 Å². The molecule has 3 aromatic heterocycles. The second kappa shape index (κ2) is 8.15. The molecular formula is C28H24ClF4N7. The summed E-state index contributed by atoms with van der Waals surface area (Å²) in [6, 6.07) is 5.84. The van der Waals surface area contributed by atoms with Crippen LogP contribution < -0.4 is 4.90 Å². The molecule has 2 atom stereocenters. The number of nitrogens with one attached hydrogen (secondary N) is 1. The fourth-order valence-electron chi connectivity index (χ4n) is 6.53. The Morgan fingerprint density at radius 1 is 1.12 bits per heavy atom. The van der Waals surface area contributed by atoms with Gasteiger partial charge >= 0.3 is 6.18 Å². The molecule has 0 radical (unpaired) electrons. The van der Waals surface area contributed by atoms with Crippen molar-refractivity contribution < 1.29 is 17.6 Å². The fourth-order valence-corrected chi connectivity index (χ4v) is 6.77. The van der Waals surface area contributed by atoms with E-state index in [1.54, 1.807) is 13.1 Å². The average Bonchev–Trinajstić information content (AvgIpc) is 3.58. The molecule has 40 heavy (non-hydrogen) atoms. The van der Waals surface area contributed by atoms with Gasteiger partial charge in [0.25, 0.3) is 0 Å². The van der Waals surface area contributed by atoms with Gasteiger partial charge in [-0.15, -0.1) is 11.6 Å². The van der Waals surface area contributed by atoms with E-state index in [-0.39, 0.29) is 5.95 Å². The standard InChI is InChI=1S/C28H24ClF4N7/c1-4-14-6-5-7-16-20-22(30)27(3,29)23-18(12-36-37-23)26(20,2)24-17-13-39(9-8-19(17)38-40(24)21(14)16)25-34-10-15(11-35-25)28(31,32)33/h5-7,10-12H,4,8-9,13H2,1-3H3,(H,36,37). The van der Waals surface area contributed by atoms with Gasteiger partial charge in [0, 0.05) is 54.2 Å². The van der Waals surface area contributed by atoms with Crippen LogP contribution in [0.15, 0.2) is 42.6 Å². The number of halogens is 5. The van der Waals surface area contributed by atoms with E-state index >= 15 is 4.39 Å². The lowest BCUT2D eigenvalue weighted by Crippen LogP contribution is -2.42. The number of para-hydroxylation sites is 1. The van der Waals surface area contributed by atoms with Crippen LogP contribution in [0, 0.1) is 0 Å². The molecule has 1 N–H and O–H groups in total. The number of aromatic amines is 1. The predicted octanol–water partition coefficient (Wildman–Crippen LogP) is 6.00. The molecule has 2 unspecified atom stereocenters. The van der Waals surface area contributed by atoms with Crippen LogP contribution in [0.5, 0.6) is 0 Å². The molecule has 4 aromatic rings. The molecule has 7 nitrogen and oxygen atoms in total. The average molecular weight is 570 g/mol. The van der Waals surface area contributed by atoms with Crippen molar-refractivity contribution in [3.05, 3.63) is 87.5 Å². The lowest BCUT2D eigenvalue weighted by atomic mass is 9.62. The summed E-state index contributed by atoms with van der Waals surface area (Å²) >= 11 is 6.88. The summed E-state index contributed by atoms with van der Waals surface area (Å²) < 4.78 is 57.9. The van der Waals surface area contributed by atoms with Gasteiger partial charge in [-0.25, -0.2) is 19.0 Å². The van der Waals surface area contributed by atoms with Gasteiger partial charge in [-0.1, -0.05) is 25.1 Å². The largest absolute Gasteiger partial charge is 0.419 e. The van der Waals surface area contributed by atoms with Crippen LogP contribution in [-0.2, 0) is 35.9 Å². The number of H-pyrrole nitrogens is 1. The number of alkyl halides is 4. The molecule has 0 spiro atoms. The molecule has 3 aliphatic rings. The number of benzene rings is 1. The summed E-state index contributed by atoms with van der Waals surface area (Å²) in [5.41, 5.74) is 4.86. The Kier molecular flexibility index (Phi) is 5.15. The third-order valence-electron chi connectivity index (χ3n) is 8.52. The number of aryl methyl sites for hydroxylation is 1. The number of aromatic nitrogens is 6. The van der Waals surface area contributed by atoms with Crippen LogP contribution in [0.3, 0.4) is 0 Å². The number of hydrogen-bond acceptors (Lipinski definition) is 5. The summed E-state index contributed by atoms with van der Waals surface area (Å²) in [5.74, 6) is -0.264. The van der Waals surface area contributed by atoms with Crippen molar-refractivity contribution >= 4 is 23.1 Å². The third kappa shape index (κ3) is 3.18. The first kappa shape index (κ1) is 25.3. The van der Waals surface area contributed by atoms with E-state index in [2.05, 4.69) is 20.2 Å². The maximum Gasteiger partial charge on any atom is 0.419 e. The zero-order chi connectivity index (χ0) is 28.2. The van der Waals surface area contributed by atoms with E-state index in [1.807, 2.05) is 41.6 Å². The molecule has 206 valence electrons. The van der Waals surface area contributed by atoms with Gasteiger partial charge in [0.15, 0.2) is 0 Å². The van der Waals surface area contributed by atoms with Crippen molar-refractivity contribution in [1.29, 1.82) is 0 Å². The second-order valence-corrected chi connectivity index (χ2v) is 11.5. The van der Waals surface area contributed by atoms with E-state index in [9.17, 15) is 13.2 Å². The molecule has 1 aliphatic carbocycles. The number of rotatable bonds is 2. The molecule has 12 heteroatoms. The normalized spacial score (nSPS) is 23.4. The monoisotopic (exact) mass is 569 g/mol. The lowest BCUT2D eigenvalue weighted by molar-refractivity contribution is -0.138. The minimum Gasteiger partial charge on any atom is -0.336 e. The maximum atomic E-state index is 16.7. The van der Waals surface area contributed by atoms with Gasteiger partial charge in [-0.05, 0) is 25.8 Å². The van der Waals surface area contributed by atoms with Gasteiger partial charge in [0.1, 0.15) is 10.7 Å². The van der Waals surface area contributed by atoms with Crippen molar-refractivity contribution in [2.24, 2.45) is 0 Å². The molecule has 7 rings (SSSR count). The topological polar surface area (TPSA) is 75.5 Å². The summed E-state index contributed by atoms with van der Waals surface area (Å²) in [5, 5.41) is 12.3. The number of allylic oxidation sites excluding steroid dienone is 2. The van der Waals surface area contributed by atoms with E-state index in [4.69, 9.17) is 16.7 Å². The first-order valence-electron chi connectivity index (χ1n) is 13.0. The van der Waals surface area contributed by atoms with Crippen LogP contribution in [0.1, 0.15) is 65.7 Å². The summed E-state index contributed by atoms with van der Waals surface area (Å²) in [4.78, 5) is 8.44. The Morgan fingerprint density at radius 3 is 2.58 bits per heavy atom. The summed E-state index contributed by atoms with van der Waals surface area (Å²) in [6.45, 7) is 6.41. The number of nitrogens with zero attached hydrogens (tertiary/aromatic N) is 6. The van der Waals surface area contributed by atoms with Gasteiger partial charge in [-0.2, -0.15) is 23.4 Å².